The molecule has 3 rings (SSSR count). The molecule has 0 aliphatic heterocycles. The number of halogens is 2. The minimum atomic E-state index is -3.59. The van der Waals surface area contributed by atoms with E-state index < -0.39 is 10.0 Å². The van der Waals surface area contributed by atoms with Gasteiger partial charge in [-0.1, -0.05) is 35.3 Å². The molecule has 0 radical (unpaired) electrons. The number of rotatable bonds is 5. The molecule has 0 saturated heterocycles. The first kappa shape index (κ1) is 19.6. The van der Waals surface area contributed by atoms with Crippen LogP contribution < -0.4 is 4.72 Å². The van der Waals surface area contributed by atoms with Crippen molar-refractivity contribution in [3.05, 3.63) is 46.6 Å². The van der Waals surface area contributed by atoms with Crippen molar-refractivity contribution in [1.29, 1.82) is 0 Å². The third-order valence-corrected chi connectivity index (χ3v) is 6.70. The maximum atomic E-state index is 12.6. The first-order valence-electron chi connectivity index (χ1n) is 8.43. The molecule has 1 aromatic carbocycles. The summed E-state index contributed by atoms with van der Waals surface area (Å²) in [7, 11) is -3.59. The minimum Gasteiger partial charge on any atom is -0.396 e. The lowest BCUT2D eigenvalue weighted by molar-refractivity contribution is 0.180. The minimum absolute atomic E-state index is 0.0881. The van der Waals surface area contributed by atoms with Gasteiger partial charge in [-0.3, -0.25) is 4.98 Å². The van der Waals surface area contributed by atoms with Gasteiger partial charge in [-0.05, 0) is 49.8 Å². The number of hydrogen-bond donors (Lipinski definition) is 2. The van der Waals surface area contributed by atoms with E-state index in [-0.39, 0.29) is 23.5 Å². The van der Waals surface area contributed by atoms with Gasteiger partial charge in [0.2, 0.25) is 10.0 Å². The van der Waals surface area contributed by atoms with Crippen LogP contribution in [0.4, 0.5) is 0 Å². The molecule has 1 aliphatic carbocycles. The predicted molar refractivity (Wildman–Crippen MR) is 103 cm³/mol. The molecule has 140 valence electrons. The molecule has 1 heterocycles. The summed E-state index contributed by atoms with van der Waals surface area (Å²) in [6.07, 6.45) is 4.66. The summed E-state index contributed by atoms with van der Waals surface area (Å²) in [6, 6.07) is 7.96. The Bertz CT molecular complexity index is 865. The molecule has 0 bridgehead atoms. The standard InChI is InChI=1S/C18H20Cl2N2O3S/c19-14-9-17(20)18(21-10-14)13-3-7-16(8-4-13)26(24,25)22-15-5-1-12(11-23)2-6-15/h3-4,7-10,12,15,22-23H,1-2,5-6,11H2. The quantitative estimate of drug-likeness (QED) is 0.777. The molecule has 8 heteroatoms. The Balaban J connectivity index is 1.73. The van der Waals surface area contributed by atoms with Gasteiger partial charge in [-0.2, -0.15) is 0 Å². The van der Waals surface area contributed by atoms with Gasteiger partial charge in [-0.15, -0.1) is 0 Å². The average molecular weight is 415 g/mol. The van der Waals surface area contributed by atoms with Gasteiger partial charge in [0.05, 0.1) is 20.6 Å². The van der Waals surface area contributed by atoms with Crippen molar-refractivity contribution in [3.63, 3.8) is 0 Å². The molecular formula is C18H20Cl2N2O3S. The zero-order valence-corrected chi connectivity index (χ0v) is 16.4. The third kappa shape index (κ3) is 4.56. The van der Waals surface area contributed by atoms with Crippen LogP contribution in [0.1, 0.15) is 25.7 Å². The highest BCUT2D eigenvalue weighted by atomic mass is 35.5. The largest absolute Gasteiger partial charge is 0.396 e. The van der Waals surface area contributed by atoms with E-state index in [0.717, 1.165) is 25.7 Å². The SMILES string of the molecule is O=S(=O)(NC1CCC(CO)CC1)c1ccc(-c2ncc(Cl)cc2Cl)cc1. The number of nitrogens with zero attached hydrogens (tertiary/aromatic N) is 1. The topological polar surface area (TPSA) is 79.3 Å². The van der Waals surface area contributed by atoms with Crippen molar-refractivity contribution in [1.82, 2.24) is 9.71 Å². The van der Waals surface area contributed by atoms with Crippen LogP contribution in [0.5, 0.6) is 0 Å². The molecule has 0 unspecified atom stereocenters. The lowest BCUT2D eigenvalue weighted by Gasteiger charge is -2.27. The van der Waals surface area contributed by atoms with Crippen LogP contribution in [0, 0.1) is 5.92 Å². The van der Waals surface area contributed by atoms with E-state index in [1.165, 1.54) is 6.20 Å². The lowest BCUT2D eigenvalue weighted by Crippen LogP contribution is -2.38. The van der Waals surface area contributed by atoms with Crippen molar-refractivity contribution in [3.8, 4) is 11.3 Å². The number of sulfonamides is 1. The van der Waals surface area contributed by atoms with Crippen molar-refractivity contribution < 1.29 is 13.5 Å². The van der Waals surface area contributed by atoms with E-state index in [4.69, 9.17) is 23.2 Å². The highest BCUT2D eigenvalue weighted by Gasteiger charge is 2.25. The molecular weight excluding hydrogens is 395 g/mol. The summed E-state index contributed by atoms with van der Waals surface area (Å²) >= 11 is 12.0. The Morgan fingerprint density at radius 3 is 2.35 bits per heavy atom. The number of aliphatic hydroxyl groups is 1. The summed E-state index contributed by atoms with van der Waals surface area (Å²) in [6.45, 7) is 0.169. The van der Waals surface area contributed by atoms with Crippen molar-refractivity contribution in [2.45, 2.75) is 36.6 Å². The molecule has 0 amide bonds. The number of benzene rings is 1. The van der Waals surface area contributed by atoms with Crippen LogP contribution in [-0.4, -0.2) is 31.2 Å². The van der Waals surface area contributed by atoms with Crippen LogP contribution in [0.15, 0.2) is 41.4 Å². The van der Waals surface area contributed by atoms with Crippen molar-refractivity contribution in [2.24, 2.45) is 5.92 Å². The molecule has 2 aromatic rings. The van der Waals surface area contributed by atoms with Crippen LogP contribution in [0.25, 0.3) is 11.3 Å². The predicted octanol–water partition coefficient (Wildman–Crippen LogP) is 3.88. The molecule has 1 aromatic heterocycles. The van der Waals surface area contributed by atoms with Crippen LogP contribution in [-0.2, 0) is 10.0 Å². The van der Waals surface area contributed by atoms with Crippen LogP contribution >= 0.6 is 23.2 Å². The van der Waals surface area contributed by atoms with Gasteiger partial charge >= 0.3 is 0 Å². The molecule has 1 saturated carbocycles. The molecule has 0 atom stereocenters. The maximum Gasteiger partial charge on any atom is 0.240 e. The first-order valence-corrected chi connectivity index (χ1v) is 10.7. The van der Waals surface area contributed by atoms with E-state index in [9.17, 15) is 13.5 Å². The molecule has 0 spiro atoms. The molecule has 5 nitrogen and oxygen atoms in total. The number of hydrogen-bond acceptors (Lipinski definition) is 4. The molecule has 1 aliphatic rings. The summed E-state index contributed by atoms with van der Waals surface area (Å²) in [5.74, 6) is 0.284. The fraction of sp³-hybridized carbons (Fsp3) is 0.389. The fourth-order valence-electron chi connectivity index (χ4n) is 3.17. The first-order chi connectivity index (χ1) is 12.4. The maximum absolute atomic E-state index is 12.6. The number of aliphatic hydroxyl groups excluding tert-OH is 1. The van der Waals surface area contributed by atoms with E-state index in [0.29, 0.717) is 21.3 Å². The number of nitrogens with one attached hydrogen (secondary N) is 1. The fourth-order valence-corrected chi connectivity index (χ4v) is 4.96. The Morgan fingerprint density at radius 1 is 1.12 bits per heavy atom. The smallest absolute Gasteiger partial charge is 0.240 e. The zero-order chi connectivity index (χ0) is 18.7. The van der Waals surface area contributed by atoms with E-state index in [1.807, 2.05) is 0 Å². The average Bonchev–Trinajstić information content (AvgIpc) is 2.62. The van der Waals surface area contributed by atoms with Crippen LogP contribution in [0.2, 0.25) is 10.0 Å². The van der Waals surface area contributed by atoms with Crippen molar-refractivity contribution >= 4 is 33.2 Å². The van der Waals surface area contributed by atoms with E-state index in [1.54, 1.807) is 30.3 Å². The van der Waals surface area contributed by atoms with Gasteiger partial charge in [-0.25, -0.2) is 13.1 Å². The Morgan fingerprint density at radius 2 is 1.77 bits per heavy atom. The summed E-state index contributed by atoms with van der Waals surface area (Å²) in [5.41, 5.74) is 1.27. The van der Waals surface area contributed by atoms with Gasteiger partial charge in [0.25, 0.3) is 0 Å². The van der Waals surface area contributed by atoms with Gasteiger partial charge in [0, 0.05) is 24.4 Å². The second kappa shape index (κ2) is 8.23. The highest BCUT2D eigenvalue weighted by Crippen LogP contribution is 2.29. The molecule has 2 N–H and O–H groups in total. The number of pyridine rings is 1. The Hall–Kier alpha value is -1.18. The number of aromatic nitrogens is 1. The van der Waals surface area contributed by atoms with Crippen LogP contribution in [0.3, 0.4) is 0 Å². The lowest BCUT2D eigenvalue weighted by atomic mass is 9.87. The Kier molecular flexibility index (Phi) is 6.20. The second-order valence-electron chi connectivity index (χ2n) is 6.53. The van der Waals surface area contributed by atoms with Gasteiger partial charge in [0.15, 0.2) is 0 Å². The summed E-state index contributed by atoms with van der Waals surface area (Å²) in [4.78, 5) is 4.40. The highest BCUT2D eigenvalue weighted by molar-refractivity contribution is 7.89. The second-order valence-corrected chi connectivity index (χ2v) is 9.09. The Labute approximate surface area is 163 Å². The van der Waals surface area contributed by atoms with E-state index >= 15 is 0 Å². The van der Waals surface area contributed by atoms with Gasteiger partial charge < -0.3 is 5.11 Å². The summed E-state index contributed by atoms with van der Waals surface area (Å²) < 4.78 is 27.9. The summed E-state index contributed by atoms with van der Waals surface area (Å²) in [5, 5.41) is 10.0. The van der Waals surface area contributed by atoms with Gasteiger partial charge in [0.1, 0.15) is 0 Å². The van der Waals surface area contributed by atoms with Crippen molar-refractivity contribution in [2.75, 3.05) is 6.61 Å². The third-order valence-electron chi connectivity index (χ3n) is 4.67. The molecule has 26 heavy (non-hydrogen) atoms. The molecule has 1 fully saturated rings. The zero-order valence-electron chi connectivity index (χ0n) is 14.0. The normalized spacial score (nSPS) is 20.9. The monoisotopic (exact) mass is 414 g/mol. The van der Waals surface area contributed by atoms with E-state index in [2.05, 4.69) is 9.71 Å².